The number of rotatable bonds is 3. The van der Waals surface area contributed by atoms with Crippen LogP contribution in [-0.4, -0.2) is 29.2 Å². The van der Waals surface area contributed by atoms with Gasteiger partial charge in [-0.25, -0.2) is 4.98 Å². The topological polar surface area (TPSA) is 60.2 Å². The van der Waals surface area contributed by atoms with Crippen LogP contribution >= 0.6 is 12.2 Å². The second kappa shape index (κ2) is 4.98. The van der Waals surface area contributed by atoms with Gasteiger partial charge in [0.1, 0.15) is 10.8 Å². The first-order valence-corrected chi connectivity index (χ1v) is 6.11. The van der Waals surface area contributed by atoms with E-state index in [-0.39, 0.29) is 0 Å². The largest absolute Gasteiger partial charge is 0.389 e. The molecule has 0 aliphatic carbocycles. The number of thiocarbonyl (C=S) groups is 1. The second-order valence-corrected chi connectivity index (χ2v) is 4.81. The van der Waals surface area contributed by atoms with Crippen molar-refractivity contribution < 1.29 is 4.74 Å². The minimum absolute atomic E-state index is 0.303. The molecular formula is C12H17N3OS. The van der Waals surface area contributed by atoms with Gasteiger partial charge in [0.25, 0.3) is 0 Å². The molecule has 1 unspecified atom stereocenters. The molecule has 0 bridgehead atoms. The molecule has 4 nitrogen and oxygen atoms in total. The Morgan fingerprint density at radius 1 is 1.59 bits per heavy atom. The highest BCUT2D eigenvalue weighted by molar-refractivity contribution is 7.80. The third-order valence-corrected chi connectivity index (χ3v) is 3.07. The number of nitrogens with one attached hydrogen (secondary N) is 1. The molecule has 3 N–H and O–H groups in total. The summed E-state index contributed by atoms with van der Waals surface area (Å²) >= 11 is 5.09. The highest BCUT2D eigenvalue weighted by atomic mass is 32.1. The van der Waals surface area contributed by atoms with Gasteiger partial charge in [-0.2, -0.15) is 0 Å². The van der Waals surface area contributed by atoms with Gasteiger partial charge >= 0.3 is 0 Å². The summed E-state index contributed by atoms with van der Waals surface area (Å²) in [6, 6.07) is 2.29. The number of aryl methyl sites for hydroxylation is 2. The van der Waals surface area contributed by atoms with E-state index in [1.807, 2.05) is 19.9 Å². The van der Waals surface area contributed by atoms with Gasteiger partial charge < -0.3 is 15.8 Å². The van der Waals surface area contributed by atoms with Gasteiger partial charge in [-0.3, -0.25) is 0 Å². The van der Waals surface area contributed by atoms with Crippen LogP contribution in [0.2, 0.25) is 0 Å². The standard InChI is InChI=1S/C12H17N3OS/c1-7-5-8(2)14-12(10(7)11(13)17)15-9-3-4-16-6-9/h5,9H,3-4,6H2,1-2H3,(H2,13,17)(H,14,15). The maximum Gasteiger partial charge on any atom is 0.137 e. The van der Waals surface area contributed by atoms with Crippen LogP contribution in [0.15, 0.2) is 6.07 Å². The van der Waals surface area contributed by atoms with Crippen molar-refractivity contribution in [2.75, 3.05) is 18.5 Å². The van der Waals surface area contributed by atoms with Crippen LogP contribution in [0.4, 0.5) is 5.82 Å². The van der Waals surface area contributed by atoms with E-state index in [2.05, 4.69) is 10.3 Å². The normalized spacial score (nSPS) is 19.3. The van der Waals surface area contributed by atoms with Crippen LogP contribution in [0, 0.1) is 13.8 Å². The first kappa shape index (κ1) is 12.3. The van der Waals surface area contributed by atoms with Gasteiger partial charge in [0.2, 0.25) is 0 Å². The lowest BCUT2D eigenvalue weighted by Crippen LogP contribution is -2.24. The molecule has 17 heavy (non-hydrogen) atoms. The zero-order valence-electron chi connectivity index (χ0n) is 10.1. The summed E-state index contributed by atoms with van der Waals surface area (Å²) in [7, 11) is 0. The molecule has 1 atom stereocenters. The average molecular weight is 251 g/mol. The van der Waals surface area contributed by atoms with Gasteiger partial charge in [0, 0.05) is 12.3 Å². The van der Waals surface area contributed by atoms with Gasteiger partial charge in [0.05, 0.1) is 18.2 Å². The molecule has 2 rings (SSSR count). The Labute approximate surface area is 107 Å². The third kappa shape index (κ3) is 2.73. The molecule has 0 spiro atoms. The van der Waals surface area contributed by atoms with Gasteiger partial charge in [-0.05, 0) is 31.9 Å². The van der Waals surface area contributed by atoms with E-state index in [0.29, 0.717) is 17.6 Å². The fourth-order valence-corrected chi connectivity index (χ4v) is 2.35. The van der Waals surface area contributed by atoms with Crippen molar-refractivity contribution in [1.29, 1.82) is 0 Å². The Kier molecular flexibility index (Phi) is 3.59. The number of nitrogens with zero attached hydrogens (tertiary/aromatic N) is 1. The monoisotopic (exact) mass is 251 g/mol. The number of hydrogen-bond donors (Lipinski definition) is 2. The van der Waals surface area contributed by atoms with E-state index in [1.165, 1.54) is 0 Å². The highest BCUT2D eigenvalue weighted by Gasteiger charge is 2.19. The molecule has 2 heterocycles. The smallest absolute Gasteiger partial charge is 0.137 e. The third-order valence-electron chi connectivity index (χ3n) is 2.86. The number of anilines is 1. The van der Waals surface area contributed by atoms with E-state index < -0.39 is 0 Å². The molecule has 1 aromatic rings. The van der Waals surface area contributed by atoms with Gasteiger partial charge in [0.15, 0.2) is 0 Å². The number of hydrogen-bond acceptors (Lipinski definition) is 4. The molecule has 1 aliphatic rings. The molecule has 0 radical (unpaired) electrons. The number of aromatic nitrogens is 1. The Morgan fingerprint density at radius 3 is 2.94 bits per heavy atom. The first-order chi connectivity index (χ1) is 8.08. The Balaban J connectivity index is 2.32. The maximum absolute atomic E-state index is 5.76. The Morgan fingerprint density at radius 2 is 2.35 bits per heavy atom. The average Bonchev–Trinajstić information content (AvgIpc) is 2.68. The van der Waals surface area contributed by atoms with Crippen LogP contribution in [0.5, 0.6) is 0 Å². The lowest BCUT2D eigenvalue weighted by Gasteiger charge is -2.17. The van der Waals surface area contributed by atoms with E-state index in [1.54, 1.807) is 0 Å². The van der Waals surface area contributed by atoms with Crippen LogP contribution < -0.4 is 11.1 Å². The summed E-state index contributed by atoms with van der Waals surface area (Å²) in [6.07, 6.45) is 0.992. The zero-order valence-corrected chi connectivity index (χ0v) is 10.9. The molecule has 1 aromatic heterocycles. The molecule has 5 heteroatoms. The number of nitrogens with two attached hydrogens (primary N) is 1. The second-order valence-electron chi connectivity index (χ2n) is 4.37. The molecule has 92 valence electrons. The fraction of sp³-hybridized carbons (Fsp3) is 0.500. The lowest BCUT2D eigenvalue weighted by molar-refractivity contribution is 0.195. The predicted molar refractivity (Wildman–Crippen MR) is 72.4 cm³/mol. The van der Waals surface area contributed by atoms with Gasteiger partial charge in [-0.15, -0.1) is 0 Å². The van der Waals surface area contributed by atoms with E-state index in [9.17, 15) is 0 Å². The Hall–Kier alpha value is -1.20. The molecule has 1 saturated heterocycles. The predicted octanol–water partition coefficient (Wildman–Crippen LogP) is 1.53. The summed E-state index contributed by atoms with van der Waals surface area (Å²) < 4.78 is 5.34. The molecule has 0 saturated carbocycles. The summed E-state index contributed by atoms with van der Waals surface area (Å²) in [5.74, 6) is 0.783. The Bertz CT molecular complexity index is 442. The van der Waals surface area contributed by atoms with Crippen LogP contribution in [0.1, 0.15) is 23.2 Å². The molecular weight excluding hydrogens is 234 g/mol. The zero-order chi connectivity index (χ0) is 12.4. The first-order valence-electron chi connectivity index (χ1n) is 5.70. The summed E-state index contributed by atoms with van der Waals surface area (Å²) in [5.41, 5.74) is 8.63. The highest BCUT2D eigenvalue weighted by Crippen LogP contribution is 2.21. The van der Waals surface area contributed by atoms with Crippen LogP contribution in [-0.2, 0) is 4.74 Å². The van der Waals surface area contributed by atoms with Crippen molar-refractivity contribution in [3.63, 3.8) is 0 Å². The van der Waals surface area contributed by atoms with Crippen LogP contribution in [0.25, 0.3) is 0 Å². The molecule has 0 amide bonds. The van der Waals surface area contributed by atoms with Crippen molar-refractivity contribution in [3.05, 3.63) is 22.9 Å². The lowest BCUT2D eigenvalue weighted by atomic mass is 10.1. The fourth-order valence-electron chi connectivity index (χ4n) is 2.09. The number of ether oxygens (including phenoxy) is 1. The molecule has 1 aliphatic heterocycles. The SMILES string of the molecule is Cc1cc(C)c(C(N)=S)c(NC2CCOC2)n1. The summed E-state index contributed by atoms with van der Waals surface area (Å²) in [4.78, 5) is 4.87. The minimum atomic E-state index is 0.303. The minimum Gasteiger partial charge on any atom is -0.389 e. The summed E-state index contributed by atoms with van der Waals surface area (Å²) in [6.45, 7) is 5.47. The van der Waals surface area contributed by atoms with Crippen molar-refractivity contribution in [2.45, 2.75) is 26.3 Å². The van der Waals surface area contributed by atoms with E-state index in [0.717, 1.165) is 35.7 Å². The van der Waals surface area contributed by atoms with Crippen molar-refractivity contribution in [2.24, 2.45) is 5.73 Å². The van der Waals surface area contributed by atoms with Crippen molar-refractivity contribution >= 4 is 23.0 Å². The molecule has 0 aromatic carbocycles. The summed E-state index contributed by atoms with van der Waals surface area (Å²) in [5, 5.41) is 3.37. The maximum atomic E-state index is 5.76. The quantitative estimate of drug-likeness (QED) is 0.798. The number of pyridine rings is 1. The van der Waals surface area contributed by atoms with E-state index in [4.69, 9.17) is 22.7 Å². The molecule has 1 fully saturated rings. The van der Waals surface area contributed by atoms with Gasteiger partial charge in [-0.1, -0.05) is 12.2 Å². The van der Waals surface area contributed by atoms with Crippen molar-refractivity contribution in [3.8, 4) is 0 Å². The van der Waals surface area contributed by atoms with Crippen molar-refractivity contribution in [1.82, 2.24) is 4.98 Å². The van der Waals surface area contributed by atoms with E-state index >= 15 is 0 Å². The van der Waals surface area contributed by atoms with Crippen LogP contribution in [0.3, 0.4) is 0 Å².